The van der Waals surface area contributed by atoms with Crippen molar-refractivity contribution < 1.29 is 4.74 Å². The van der Waals surface area contributed by atoms with Crippen molar-refractivity contribution in [3.8, 4) is 5.75 Å². The molecule has 2 aliphatic carbocycles. The van der Waals surface area contributed by atoms with E-state index in [-0.39, 0.29) is 5.54 Å². The summed E-state index contributed by atoms with van der Waals surface area (Å²) in [6, 6.07) is 6.31. The van der Waals surface area contributed by atoms with Crippen molar-refractivity contribution >= 4 is 15.9 Å². The highest BCUT2D eigenvalue weighted by Crippen LogP contribution is 2.41. The van der Waals surface area contributed by atoms with Gasteiger partial charge in [0.05, 0.1) is 6.61 Å². The molecular weight excluding hydrogens is 314 g/mol. The van der Waals surface area contributed by atoms with Crippen LogP contribution in [0.2, 0.25) is 0 Å². The maximum atomic E-state index is 6.70. The SMILES string of the molecule is NC1(c2cc(Br)ccc2OCC2CCC2)CCCCC1. The van der Waals surface area contributed by atoms with Gasteiger partial charge in [0.15, 0.2) is 0 Å². The average molecular weight is 338 g/mol. The predicted molar refractivity (Wildman–Crippen MR) is 85.9 cm³/mol. The first-order valence-corrected chi connectivity index (χ1v) is 8.68. The third-order valence-electron chi connectivity index (χ3n) is 4.92. The Hall–Kier alpha value is -0.540. The van der Waals surface area contributed by atoms with Crippen LogP contribution in [0.5, 0.6) is 5.75 Å². The number of halogens is 1. The minimum atomic E-state index is -0.197. The number of ether oxygens (including phenoxy) is 1. The summed E-state index contributed by atoms with van der Waals surface area (Å²) in [6.45, 7) is 0.852. The molecule has 2 N–H and O–H groups in total. The summed E-state index contributed by atoms with van der Waals surface area (Å²) in [4.78, 5) is 0. The number of hydrogen-bond donors (Lipinski definition) is 1. The molecule has 2 nitrogen and oxygen atoms in total. The smallest absolute Gasteiger partial charge is 0.124 e. The highest BCUT2D eigenvalue weighted by Gasteiger charge is 2.32. The fourth-order valence-corrected chi connectivity index (χ4v) is 3.70. The Labute approximate surface area is 130 Å². The third-order valence-corrected chi connectivity index (χ3v) is 5.42. The summed E-state index contributed by atoms with van der Waals surface area (Å²) in [5.41, 5.74) is 7.70. The highest BCUT2D eigenvalue weighted by atomic mass is 79.9. The fourth-order valence-electron chi connectivity index (χ4n) is 3.34. The van der Waals surface area contributed by atoms with E-state index in [9.17, 15) is 0 Å². The van der Waals surface area contributed by atoms with E-state index in [1.165, 1.54) is 44.1 Å². The Morgan fingerprint density at radius 3 is 2.55 bits per heavy atom. The molecule has 0 bridgehead atoms. The average Bonchev–Trinajstić information content (AvgIpc) is 2.39. The van der Waals surface area contributed by atoms with Crippen LogP contribution in [0.25, 0.3) is 0 Å². The monoisotopic (exact) mass is 337 g/mol. The van der Waals surface area contributed by atoms with Gasteiger partial charge >= 0.3 is 0 Å². The lowest BCUT2D eigenvalue weighted by Crippen LogP contribution is -2.39. The van der Waals surface area contributed by atoms with Gasteiger partial charge in [-0.05, 0) is 49.8 Å². The summed E-state index contributed by atoms with van der Waals surface area (Å²) in [7, 11) is 0. The lowest BCUT2D eigenvalue weighted by Gasteiger charge is -2.35. The zero-order valence-corrected chi connectivity index (χ0v) is 13.6. The van der Waals surface area contributed by atoms with E-state index < -0.39 is 0 Å². The largest absolute Gasteiger partial charge is 0.493 e. The molecule has 0 amide bonds. The Balaban J connectivity index is 1.81. The second-order valence-corrected chi connectivity index (χ2v) is 7.38. The van der Waals surface area contributed by atoms with E-state index >= 15 is 0 Å². The Kier molecular flexibility index (Phi) is 4.37. The van der Waals surface area contributed by atoms with Crippen molar-refractivity contribution in [2.75, 3.05) is 6.61 Å². The van der Waals surface area contributed by atoms with Gasteiger partial charge < -0.3 is 10.5 Å². The summed E-state index contributed by atoms with van der Waals surface area (Å²) >= 11 is 3.58. The van der Waals surface area contributed by atoms with E-state index in [1.54, 1.807) is 0 Å². The van der Waals surface area contributed by atoms with Crippen molar-refractivity contribution in [2.24, 2.45) is 11.7 Å². The van der Waals surface area contributed by atoms with Gasteiger partial charge in [0, 0.05) is 15.6 Å². The molecule has 3 heteroatoms. The number of hydrogen-bond acceptors (Lipinski definition) is 2. The fraction of sp³-hybridized carbons (Fsp3) is 0.647. The van der Waals surface area contributed by atoms with Gasteiger partial charge in [0.2, 0.25) is 0 Å². The van der Waals surface area contributed by atoms with E-state index in [1.807, 2.05) is 0 Å². The molecule has 0 unspecified atom stereocenters. The van der Waals surface area contributed by atoms with E-state index in [2.05, 4.69) is 34.1 Å². The molecule has 20 heavy (non-hydrogen) atoms. The summed E-state index contributed by atoms with van der Waals surface area (Å²) in [6.07, 6.45) is 9.91. The summed E-state index contributed by atoms with van der Waals surface area (Å²) in [5.74, 6) is 1.76. The van der Waals surface area contributed by atoms with E-state index in [4.69, 9.17) is 10.5 Å². The minimum absolute atomic E-state index is 0.197. The molecular formula is C17H24BrNO. The first-order valence-electron chi connectivity index (χ1n) is 7.89. The molecule has 0 atom stereocenters. The van der Waals surface area contributed by atoms with Gasteiger partial charge in [-0.15, -0.1) is 0 Å². The molecule has 0 spiro atoms. The summed E-state index contributed by atoms with van der Waals surface area (Å²) < 4.78 is 7.21. The molecule has 2 saturated carbocycles. The van der Waals surface area contributed by atoms with Crippen LogP contribution in [0.15, 0.2) is 22.7 Å². The van der Waals surface area contributed by atoms with E-state index in [0.717, 1.165) is 35.6 Å². The van der Waals surface area contributed by atoms with Crippen LogP contribution in [0.1, 0.15) is 56.9 Å². The molecule has 2 aliphatic rings. The van der Waals surface area contributed by atoms with Crippen LogP contribution >= 0.6 is 15.9 Å². The maximum absolute atomic E-state index is 6.70. The van der Waals surface area contributed by atoms with Crippen molar-refractivity contribution in [3.63, 3.8) is 0 Å². The topological polar surface area (TPSA) is 35.2 Å². The van der Waals surface area contributed by atoms with Crippen LogP contribution < -0.4 is 10.5 Å². The van der Waals surface area contributed by atoms with Gasteiger partial charge in [-0.1, -0.05) is 41.6 Å². The van der Waals surface area contributed by atoms with Crippen LogP contribution in [0, 0.1) is 5.92 Å². The second kappa shape index (κ2) is 6.07. The number of nitrogens with two attached hydrogens (primary N) is 1. The minimum Gasteiger partial charge on any atom is -0.493 e. The molecule has 110 valence electrons. The zero-order valence-electron chi connectivity index (χ0n) is 12.0. The van der Waals surface area contributed by atoms with Gasteiger partial charge in [-0.25, -0.2) is 0 Å². The quantitative estimate of drug-likeness (QED) is 0.860. The summed E-state index contributed by atoms with van der Waals surface area (Å²) in [5, 5.41) is 0. The molecule has 3 rings (SSSR count). The van der Waals surface area contributed by atoms with Crippen molar-refractivity contribution in [3.05, 3.63) is 28.2 Å². The number of benzene rings is 1. The van der Waals surface area contributed by atoms with Crippen LogP contribution in [0.3, 0.4) is 0 Å². The molecule has 1 aromatic rings. The Morgan fingerprint density at radius 1 is 1.15 bits per heavy atom. The van der Waals surface area contributed by atoms with E-state index in [0.29, 0.717) is 0 Å². The molecule has 0 aliphatic heterocycles. The van der Waals surface area contributed by atoms with Crippen LogP contribution in [0.4, 0.5) is 0 Å². The van der Waals surface area contributed by atoms with Crippen LogP contribution in [-0.2, 0) is 5.54 Å². The van der Waals surface area contributed by atoms with Crippen molar-refractivity contribution in [1.82, 2.24) is 0 Å². The first kappa shape index (κ1) is 14.4. The van der Waals surface area contributed by atoms with Crippen molar-refractivity contribution in [2.45, 2.75) is 56.9 Å². The first-order chi connectivity index (χ1) is 9.67. The highest BCUT2D eigenvalue weighted by molar-refractivity contribution is 9.10. The second-order valence-electron chi connectivity index (χ2n) is 6.47. The zero-order chi connectivity index (χ0) is 14.0. The lowest BCUT2D eigenvalue weighted by molar-refractivity contribution is 0.175. The lowest BCUT2D eigenvalue weighted by atomic mass is 9.77. The normalized spacial score (nSPS) is 22.3. The predicted octanol–water partition coefficient (Wildman–Crippen LogP) is 4.75. The maximum Gasteiger partial charge on any atom is 0.124 e. The molecule has 0 saturated heterocycles. The molecule has 2 fully saturated rings. The third kappa shape index (κ3) is 3.04. The van der Waals surface area contributed by atoms with Gasteiger partial charge in [0.25, 0.3) is 0 Å². The Morgan fingerprint density at radius 2 is 1.90 bits per heavy atom. The van der Waals surface area contributed by atoms with Gasteiger partial charge in [0.1, 0.15) is 5.75 Å². The molecule has 0 radical (unpaired) electrons. The molecule has 0 heterocycles. The van der Waals surface area contributed by atoms with Gasteiger partial charge in [-0.2, -0.15) is 0 Å². The standard InChI is InChI=1S/C17H24BrNO/c18-14-7-8-16(20-12-13-5-4-6-13)15(11-14)17(19)9-2-1-3-10-17/h7-8,11,13H,1-6,9-10,12,19H2. The van der Waals surface area contributed by atoms with Crippen molar-refractivity contribution in [1.29, 1.82) is 0 Å². The molecule has 0 aromatic heterocycles. The Bertz CT molecular complexity index is 464. The van der Waals surface area contributed by atoms with Gasteiger partial charge in [-0.3, -0.25) is 0 Å². The number of rotatable bonds is 4. The molecule has 1 aromatic carbocycles. The van der Waals surface area contributed by atoms with Crippen LogP contribution in [-0.4, -0.2) is 6.61 Å².